The first-order valence-corrected chi connectivity index (χ1v) is 4.64. The van der Waals surface area contributed by atoms with Gasteiger partial charge in [0.1, 0.15) is 11.6 Å². The fourth-order valence-electron chi connectivity index (χ4n) is 0.833. The van der Waals surface area contributed by atoms with Gasteiger partial charge in [0.05, 0.1) is 0 Å². The van der Waals surface area contributed by atoms with Crippen molar-refractivity contribution < 1.29 is 4.74 Å². The third-order valence-corrected chi connectivity index (χ3v) is 2.19. The molecule has 2 N–H and O–H groups in total. The predicted molar refractivity (Wildman–Crippen MR) is 48.0 cm³/mol. The normalized spacial score (nSPS) is 10.5. The van der Waals surface area contributed by atoms with Gasteiger partial charge in [-0.1, -0.05) is 0 Å². The van der Waals surface area contributed by atoms with E-state index in [1.165, 1.54) is 11.5 Å². The van der Waals surface area contributed by atoms with E-state index in [1.54, 1.807) is 7.11 Å². The molecule has 0 amide bonds. The van der Waals surface area contributed by atoms with Crippen LogP contribution >= 0.6 is 11.5 Å². The van der Waals surface area contributed by atoms with E-state index < -0.39 is 0 Å². The van der Waals surface area contributed by atoms with E-state index in [9.17, 15) is 0 Å². The summed E-state index contributed by atoms with van der Waals surface area (Å²) in [7, 11) is 1.64. The number of aryl methyl sites for hydroxylation is 1. The lowest BCUT2D eigenvalue weighted by molar-refractivity contribution is 0.178. The van der Waals surface area contributed by atoms with E-state index in [-0.39, 0.29) is 0 Å². The molecule has 0 aromatic carbocycles. The quantitative estimate of drug-likeness (QED) is 0.732. The van der Waals surface area contributed by atoms with Gasteiger partial charge >= 0.3 is 0 Å². The van der Waals surface area contributed by atoms with Crippen LogP contribution in [0.1, 0.15) is 17.3 Å². The largest absolute Gasteiger partial charge is 0.377 e. The molecule has 1 heterocycles. The summed E-state index contributed by atoms with van der Waals surface area (Å²) in [5, 5.41) is 1.05. The zero-order chi connectivity index (χ0) is 8.81. The Labute approximate surface area is 75.9 Å². The van der Waals surface area contributed by atoms with Crippen LogP contribution < -0.4 is 5.73 Å². The molecule has 1 rings (SSSR count). The lowest BCUT2D eigenvalue weighted by Gasteiger charge is -1.90. The lowest BCUT2D eigenvalue weighted by Crippen LogP contribution is -2.00. The van der Waals surface area contributed by atoms with Crippen molar-refractivity contribution in [1.82, 2.24) is 9.36 Å². The average molecular weight is 187 g/mol. The molecule has 0 saturated heterocycles. The van der Waals surface area contributed by atoms with Gasteiger partial charge in [0.25, 0.3) is 0 Å². The van der Waals surface area contributed by atoms with Crippen LogP contribution in [0.4, 0.5) is 0 Å². The topological polar surface area (TPSA) is 61.0 Å². The van der Waals surface area contributed by atoms with Gasteiger partial charge in [0.15, 0.2) is 5.82 Å². The Morgan fingerprint density at radius 2 is 2.42 bits per heavy atom. The van der Waals surface area contributed by atoms with Crippen molar-refractivity contribution in [3.05, 3.63) is 10.8 Å². The molecule has 1 aromatic heterocycles. The number of hydrogen-bond donors (Lipinski definition) is 1. The number of ether oxygens (including phenoxy) is 1. The molecule has 0 aliphatic rings. The van der Waals surface area contributed by atoms with Gasteiger partial charge in [-0.3, -0.25) is 0 Å². The summed E-state index contributed by atoms with van der Waals surface area (Å²) >= 11 is 1.43. The Balaban J connectivity index is 2.41. The van der Waals surface area contributed by atoms with Crippen LogP contribution in [-0.4, -0.2) is 23.0 Å². The molecule has 0 saturated carbocycles. The molecular formula is C7H13N3OS. The Hall–Kier alpha value is -0.520. The SMILES string of the molecule is COCc1nsc(CCCN)n1. The summed E-state index contributed by atoms with van der Waals surface area (Å²) in [4.78, 5) is 4.26. The van der Waals surface area contributed by atoms with Gasteiger partial charge in [-0.15, -0.1) is 0 Å². The zero-order valence-electron chi connectivity index (χ0n) is 7.12. The number of hydrogen-bond acceptors (Lipinski definition) is 5. The highest BCUT2D eigenvalue weighted by Gasteiger charge is 2.01. The van der Waals surface area contributed by atoms with E-state index in [4.69, 9.17) is 10.5 Å². The maximum Gasteiger partial charge on any atom is 0.168 e. The van der Waals surface area contributed by atoms with Crippen LogP contribution in [0.2, 0.25) is 0 Å². The van der Waals surface area contributed by atoms with E-state index in [1.807, 2.05) is 0 Å². The monoisotopic (exact) mass is 187 g/mol. The first kappa shape index (κ1) is 9.57. The molecule has 0 spiro atoms. The summed E-state index contributed by atoms with van der Waals surface area (Å²) < 4.78 is 9.03. The summed E-state index contributed by atoms with van der Waals surface area (Å²) in [6.07, 6.45) is 1.90. The van der Waals surface area contributed by atoms with Gasteiger partial charge < -0.3 is 10.5 Å². The Morgan fingerprint density at radius 3 is 3.08 bits per heavy atom. The molecular weight excluding hydrogens is 174 g/mol. The molecule has 0 radical (unpaired) electrons. The second-order valence-corrected chi connectivity index (χ2v) is 3.27. The molecule has 4 nitrogen and oxygen atoms in total. The minimum atomic E-state index is 0.499. The third kappa shape index (κ3) is 2.84. The van der Waals surface area contributed by atoms with Crippen molar-refractivity contribution in [1.29, 1.82) is 0 Å². The predicted octanol–water partition coefficient (Wildman–Crippen LogP) is 0.576. The fourth-order valence-corrected chi connectivity index (χ4v) is 1.52. The highest BCUT2D eigenvalue weighted by molar-refractivity contribution is 7.05. The Morgan fingerprint density at radius 1 is 1.58 bits per heavy atom. The van der Waals surface area contributed by atoms with E-state index in [0.29, 0.717) is 13.2 Å². The second kappa shape index (κ2) is 5.18. The van der Waals surface area contributed by atoms with E-state index >= 15 is 0 Å². The summed E-state index contributed by atoms with van der Waals surface area (Å²) in [6.45, 7) is 1.21. The molecule has 0 bridgehead atoms. The molecule has 68 valence electrons. The van der Waals surface area contributed by atoms with Crippen LogP contribution in [0, 0.1) is 0 Å². The standard InChI is InChI=1S/C7H13N3OS/c1-11-5-6-9-7(12-10-6)3-2-4-8/h2-5,8H2,1H3. The van der Waals surface area contributed by atoms with Crippen molar-refractivity contribution >= 4 is 11.5 Å². The van der Waals surface area contributed by atoms with Crippen LogP contribution in [0.15, 0.2) is 0 Å². The van der Waals surface area contributed by atoms with Crippen LogP contribution in [0.5, 0.6) is 0 Å². The highest BCUT2D eigenvalue weighted by atomic mass is 32.1. The van der Waals surface area contributed by atoms with Gasteiger partial charge in [-0.2, -0.15) is 4.37 Å². The van der Waals surface area contributed by atoms with Gasteiger partial charge in [0.2, 0.25) is 0 Å². The van der Waals surface area contributed by atoms with Gasteiger partial charge in [-0.05, 0) is 24.5 Å². The van der Waals surface area contributed by atoms with Gasteiger partial charge in [0, 0.05) is 13.5 Å². The smallest absolute Gasteiger partial charge is 0.168 e. The highest BCUT2D eigenvalue weighted by Crippen LogP contribution is 2.07. The Kier molecular flexibility index (Phi) is 4.13. The van der Waals surface area contributed by atoms with Crippen LogP contribution in [0.25, 0.3) is 0 Å². The number of rotatable bonds is 5. The summed E-state index contributed by atoms with van der Waals surface area (Å²) in [5.74, 6) is 0.773. The Bertz CT molecular complexity index is 226. The number of nitrogens with two attached hydrogens (primary N) is 1. The molecule has 0 atom stereocenters. The van der Waals surface area contributed by atoms with Crippen molar-refractivity contribution in [2.45, 2.75) is 19.4 Å². The third-order valence-electron chi connectivity index (χ3n) is 1.38. The number of methoxy groups -OCH3 is 1. The van der Waals surface area contributed by atoms with E-state index in [2.05, 4.69) is 9.36 Å². The van der Waals surface area contributed by atoms with Gasteiger partial charge in [-0.25, -0.2) is 4.98 Å². The van der Waals surface area contributed by atoms with Crippen molar-refractivity contribution in [3.63, 3.8) is 0 Å². The molecule has 0 aliphatic heterocycles. The lowest BCUT2D eigenvalue weighted by atomic mass is 10.3. The molecule has 5 heteroatoms. The van der Waals surface area contributed by atoms with Crippen molar-refractivity contribution in [2.24, 2.45) is 5.73 Å². The molecule has 0 fully saturated rings. The molecule has 1 aromatic rings. The summed E-state index contributed by atoms with van der Waals surface area (Å²) in [6, 6.07) is 0. The van der Waals surface area contributed by atoms with Crippen LogP contribution in [-0.2, 0) is 17.8 Å². The second-order valence-electron chi connectivity index (χ2n) is 2.43. The zero-order valence-corrected chi connectivity index (χ0v) is 7.93. The maximum absolute atomic E-state index is 5.37. The van der Waals surface area contributed by atoms with Crippen molar-refractivity contribution in [3.8, 4) is 0 Å². The maximum atomic E-state index is 5.37. The number of aromatic nitrogens is 2. The first-order valence-electron chi connectivity index (χ1n) is 3.87. The van der Waals surface area contributed by atoms with Crippen molar-refractivity contribution in [2.75, 3.05) is 13.7 Å². The molecule has 12 heavy (non-hydrogen) atoms. The fraction of sp³-hybridized carbons (Fsp3) is 0.714. The first-order chi connectivity index (χ1) is 5.86. The molecule has 0 aliphatic carbocycles. The summed E-state index contributed by atoms with van der Waals surface area (Å²) in [5.41, 5.74) is 5.37. The van der Waals surface area contributed by atoms with E-state index in [0.717, 1.165) is 23.7 Å². The number of nitrogens with zero attached hydrogens (tertiary/aromatic N) is 2. The molecule has 0 unspecified atom stereocenters. The van der Waals surface area contributed by atoms with Crippen LogP contribution in [0.3, 0.4) is 0 Å². The minimum absolute atomic E-state index is 0.499. The minimum Gasteiger partial charge on any atom is -0.377 e. The average Bonchev–Trinajstić information content (AvgIpc) is 2.50.